The zero-order chi connectivity index (χ0) is 20.6. The van der Waals surface area contributed by atoms with Crippen LogP contribution >= 0.6 is 0 Å². The fourth-order valence-electron chi connectivity index (χ4n) is 3.15. The molecule has 0 aliphatic heterocycles. The van der Waals surface area contributed by atoms with E-state index in [9.17, 15) is 4.79 Å². The van der Waals surface area contributed by atoms with Crippen molar-refractivity contribution in [3.8, 4) is 5.75 Å². The van der Waals surface area contributed by atoms with E-state index < -0.39 is 0 Å². The van der Waals surface area contributed by atoms with Gasteiger partial charge in [0.2, 0.25) is 5.91 Å². The van der Waals surface area contributed by atoms with Gasteiger partial charge >= 0.3 is 0 Å². The van der Waals surface area contributed by atoms with Crippen molar-refractivity contribution in [3.05, 3.63) is 78.9 Å². The lowest BCUT2D eigenvalue weighted by Crippen LogP contribution is -2.40. The summed E-state index contributed by atoms with van der Waals surface area (Å²) in [5, 5.41) is 6.67. The summed E-state index contributed by atoms with van der Waals surface area (Å²) < 4.78 is 5.21. The highest BCUT2D eigenvalue weighted by molar-refractivity contribution is 5.97. The average molecular weight is 389 g/mol. The van der Waals surface area contributed by atoms with Crippen molar-refractivity contribution in [2.45, 2.75) is 19.9 Å². The molecule has 0 aromatic heterocycles. The predicted octanol–water partition coefficient (Wildman–Crippen LogP) is 5.29. The molecule has 0 aliphatic carbocycles. The van der Waals surface area contributed by atoms with Crippen LogP contribution in [-0.4, -0.2) is 25.6 Å². The number of ether oxygens (including phenoxy) is 1. The Kier molecular flexibility index (Phi) is 6.74. The molecule has 0 saturated heterocycles. The van der Waals surface area contributed by atoms with Gasteiger partial charge in [0.25, 0.3) is 0 Å². The molecule has 1 amide bonds. The summed E-state index contributed by atoms with van der Waals surface area (Å²) in [6, 6.07) is 25.4. The van der Waals surface area contributed by atoms with Crippen molar-refractivity contribution < 1.29 is 9.53 Å². The monoisotopic (exact) mass is 389 g/mol. The zero-order valence-electron chi connectivity index (χ0n) is 17.1. The van der Waals surface area contributed by atoms with Gasteiger partial charge in [0.05, 0.1) is 25.0 Å². The molecule has 5 heteroatoms. The van der Waals surface area contributed by atoms with E-state index >= 15 is 0 Å². The quantitative estimate of drug-likeness (QED) is 0.549. The normalized spacial score (nSPS) is 10.5. The van der Waals surface area contributed by atoms with Gasteiger partial charge < -0.3 is 20.3 Å². The van der Waals surface area contributed by atoms with E-state index in [-0.39, 0.29) is 18.5 Å². The number of para-hydroxylation sites is 3. The second-order valence-corrected chi connectivity index (χ2v) is 6.95. The van der Waals surface area contributed by atoms with Crippen LogP contribution in [0.5, 0.6) is 5.75 Å². The first kappa shape index (κ1) is 20.3. The van der Waals surface area contributed by atoms with Gasteiger partial charge in [-0.2, -0.15) is 0 Å². The Morgan fingerprint density at radius 2 is 1.52 bits per heavy atom. The number of benzene rings is 3. The van der Waals surface area contributed by atoms with Crippen LogP contribution in [0, 0.1) is 0 Å². The molecule has 0 heterocycles. The third kappa shape index (κ3) is 5.29. The first-order valence-electron chi connectivity index (χ1n) is 9.69. The third-order valence-corrected chi connectivity index (χ3v) is 4.55. The van der Waals surface area contributed by atoms with E-state index in [4.69, 9.17) is 4.74 Å². The highest BCUT2D eigenvalue weighted by atomic mass is 16.5. The molecule has 3 aromatic carbocycles. The highest BCUT2D eigenvalue weighted by Gasteiger charge is 2.19. The van der Waals surface area contributed by atoms with E-state index in [1.807, 2.05) is 92.7 Å². The van der Waals surface area contributed by atoms with Crippen LogP contribution in [0.15, 0.2) is 78.9 Å². The lowest BCUT2D eigenvalue weighted by molar-refractivity contribution is -0.117. The molecule has 0 saturated carbocycles. The molecule has 0 spiro atoms. The second kappa shape index (κ2) is 9.64. The number of anilines is 4. The van der Waals surface area contributed by atoms with Crippen molar-refractivity contribution >= 4 is 28.7 Å². The summed E-state index contributed by atoms with van der Waals surface area (Å²) in [4.78, 5) is 14.8. The smallest absolute Gasteiger partial charge is 0.246 e. The van der Waals surface area contributed by atoms with Crippen LogP contribution in [0.4, 0.5) is 22.7 Å². The molecule has 29 heavy (non-hydrogen) atoms. The van der Waals surface area contributed by atoms with E-state index in [0.29, 0.717) is 0 Å². The maximum atomic E-state index is 13.0. The maximum absolute atomic E-state index is 13.0. The number of methoxy groups -OCH3 is 1. The average Bonchev–Trinajstić information content (AvgIpc) is 2.74. The molecule has 5 nitrogen and oxygen atoms in total. The summed E-state index contributed by atoms with van der Waals surface area (Å²) in [5.41, 5.74) is 3.65. The summed E-state index contributed by atoms with van der Waals surface area (Å²) in [6.45, 7) is 4.21. The second-order valence-electron chi connectivity index (χ2n) is 6.95. The summed E-state index contributed by atoms with van der Waals surface area (Å²) in [6.07, 6.45) is 0. The van der Waals surface area contributed by atoms with E-state index in [0.717, 1.165) is 28.5 Å². The lowest BCUT2D eigenvalue weighted by Gasteiger charge is -2.27. The van der Waals surface area contributed by atoms with Gasteiger partial charge in [-0.3, -0.25) is 4.79 Å². The zero-order valence-corrected chi connectivity index (χ0v) is 17.1. The van der Waals surface area contributed by atoms with Gasteiger partial charge in [0, 0.05) is 17.4 Å². The van der Waals surface area contributed by atoms with Gasteiger partial charge in [-0.05, 0) is 62.4 Å². The van der Waals surface area contributed by atoms with E-state index in [1.165, 1.54) is 0 Å². The standard InChI is InChI=1S/C24H27N3O2/c1-18(2)27(20-13-15-21(29-3)16-14-20)24(28)17-25-22-11-7-8-12-23(22)26-19-9-5-4-6-10-19/h4-16,18,25-26H,17H2,1-3H3. The minimum atomic E-state index is -0.000295. The molecule has 0 fully saturated rings. The van der Waals surface area contributed by atoms with Gasteiger partial charge in [0.1, 0.15) is 5.75 Å². The molecule has 0 radical (unpaired) electrons. The number of carbonyl (C=O) groups excluding carboxylic acids is 1. The topological polar surface area (TPSA) is 53.6 Å². The SMILES string of the molecule is COc1ccc(N(C(=O)CNc2ccccc2Nc2ccccc2)C(C)C)cc1. The van der Waals surface area contributed by atoms with Crippen LogP contribution in [0.1, 0.15) is 13.8 Å². The summed E-state index contributed by atoms with van der Waals surface area (Å²) >= 11 is 0. The molecule has 3 aromatic rings. The van der Waals surface area contributed by atoms with Crippen LogP contribution < -0.4 is 20.3 Å². The Labute approximate surface area is 172 Å². The van der Waals surface area contributed by atoms with E-state index in [1.54, 1.807) is 12.0 Å². The number of hydrogen-bond donors (Lipinski definition) is 2. The highest BCUT2D eigenvalue weighted by Crippen LogP contribution is 2.26. The van der Waals surface area contributed by atoms with Crippen LogP contribution in [0.3, 0.4) is 0 Å². The van der Waals surface area contributed by atoms with Crippen molar-refractivity contribution in [1.82, 2.24) is 0 Å². The Hall–Kier alpha value is -3.47. The van der Waals surface area contributed by atoms with Crippen LogP contribution in [0.25, 0.3) is 0 Å². The molecule has 0 atom stereocenters. The van der Waals surface area contributed by atoms with Gasteiger partial charge in [-0.25, -0.2) is 0 Å². The lowest BCUT2D eigenvalue weighted by atomic mass is 10.2. The van der Waals surface area contributed by atoms with Crippen LogP contribution in [-0.2, 0) is 4.79 Å². The number of nitrogens with zero attached hydrogens (tertiary/aromatic N) is 1. The summed E-state index contributed by atoms with van der Waals surface area (Å²) in [5.74, 6) is 0.767. The molecule has 2 N–H and O–H groups in total. The molecule has 150 valence electrons. The molecule has 0 unspecified atom stereocenters. The molecular formula is C24H27N3O2. The number of rotatable bonds is 8. The van der Waals surface area contributed by atoms with Gasteiger partial charge in [-0.15, -0.1) is 0 Å². The first-order chi connectivity index (χ1) is 14.1. The Balaban J connectivity index is 1.71. The largest absolute Gasteiger partial charge is 0.497 e. The van der Waals surface area contributed by atoms with Crippen molar-refractivity contribution in [2.75, 3.05) is 29.2 Å². The van der Waals surface area contributed by atoms with E-state index in [2.05, 4.69) is 10.6 Å². The third-order valence-electron chi connectivity index (χ3n) is 4.55. The molecule has 0 aliphatic rings. The maximum Gasteiger partial charge on any atom is 0.246 e. The van der Waals surface area contributed by atoms with Crippen LogP contribution in [0.2, 0.25) is 0 Å². The Morgan fingerprint density at radius 1 is 0.897 bits per heavy atom. The minimum absolute atomic E-state index is 0.000295. The summed E-state index contributed by atoms with van der Waals surface area (Å²) in [7, 11) is 1.63. The van der Waals surface area contributed by atoms with Crippen molar-refractivity contribution in [2.24, 2.45) is 0 Å². The Bertz CT molecular complexity index is 924. The fraction of sp³-hybridized carbons (Fsp3) is 0.208. The Morgan fingerprint density at radius 3 is 2.14 bits per heavy atom. The number of hydrogen-bond acceptors (Lipinski definition) is 4. The molecule has 3 rings (SSSR count). The van der Waals surface area contributed by atoms with Crippen molar-refractivity contribution in [1.29, 1.82) is 0 Å². The number of nitrogens with one attached hydrogen (secondary N) is 2. The molecule has 0 bridgehead atoms. The van der Waals surface area contributed by atoms with Gasteiger partial charge in [0.15, 0.2) is 0 Å². The predicted molar refractivity (Wildman–Crippen MR) is 120 cm³/mol. The minimum Gasteiger partial charge on any atom is -0.497 e. The van der Waals surface area contributed by atoms with Crippen molar-refractivity contribution in [3.63, 3.8) is 0 Å². The molecular weight excluding hydrogens is 362 g/mol. The fourth-order valence-corrected chi connectivity index (χ4v) is 3.15. The first-order valence-corrected chi connectivity index (χ1v) is 9.69. The van der Waals surface area contributed by atoms with Gasteiger partial charge in [-0.1, -0.05) is 30.3 Å². The number of carbonyl (C=O) groups is 1. The number of amides is 1.